The number of rotatable bonds is 4. The minimum Gasteiger partial charge on any atom is -0.339 e. The summed E-state index contributed by atoms with van der Waals surface area (Å²) in [7, 11) is -3.16. The molecule has 0 aliphatic carbocycles. The zero-order valence-corrected chi connectivity index (χ0v) is 14.0. The fourth-order valence-electron chi connectivity index (χ4n) is 2.04. The Morgan fingerprint density at radius 3 is 2.29 bits per heavy atom. The van der Waals surface area contributed by atoms with E-state index in [1.165, 1.54) is 22.3 Å². The van der Waals surface area contributed by atoms with Crippen LogP contribution in [-0.4, -0.2) is 61.7 Å². The molecule has 1 saturated heterocycles. The minimum absolute atomic E-state index is 0.0306. The third-order valence-corrected chi connectivity index (χ3v) is 5.79. The van der Waals surface area contributed by atoms with Gasteiger partial charge in [-0.2, -0.15) is 4.31 Å². The molecule has 1 aliphatic heterocycles. The van der Waals surface area contributed by atoms with Crippen LogP contribution in [0.3, 0.4) is 0 Å². The van der Waals surface area contributed by atoms with Crippen LogP contribution in [0, 0.1) is 0 Å². The molecule has 5 nitrogen and oxygen atoms in total. The molecule has 1 aliphatic rings. The first-order valence-electron chi connectivity index (χ1n) is 6.47. The highest BCUT2D eigenvalue weighted by Crippen LogP contribution is 2.21. The summed E-state index contributed by atoms with van der Waals surface area (Å²) in [6.45, 7) is 1.65. The quantitative estimate of drug-likeness (QED) is 0.774. The zero-order valence-electron chi connectivity index (χ0n) is 11.7. The summed E-state index contributed by atoms with van der Waals surface area (Å²) < 4.78 is 24.2. The van der Waals surface area contributed by atoms with Crippen LogP contribution in [-0.2, 0) is 14.8 Å². The molecular weight excluding hydrogens is 332 g/mol. The van der Waals surface area contributed by atoms with Crippen molar-refractivity contribution in [2.45, 2.75) is 4.90 Å². The van der Waals surface area contributed by atoms with E-state index >= 15 is 0 Å². The van der Waals surface area contributed by atoms with Gasteiger partial charge in [0, 0.05) is 36.1 Å². The molecular formula is C13H17ClN2O3S2. The molecule has 0 unspecified atom stereocenters. The molecule has 1 heterocycles. The van der Waals surface area contributed by atoms with E-state index < -0.39 is 10.0 Å². The van der Waals surface area contributed by atoms with Gasteiger partial charge in [0.15, 0.2) is 0 Å². The van der Waals surface area contributed by atoms with Crippen molar-refractivity contribution in [2.75, 3.05) is 38.2 Å². The Bertz CT molecular complexity index is 596. The van der Waals surface area contributed by atoms with E-state index in [9.17, 15) is 13.2 Å². The second-order valence-electron chi connectivity index (χ2n) is 4.79. The van der Waals surface area contributed by atoms with E-state index in [-0.39, 0.29) is 5.91 Å². The number of sulfonamides is 1. The van der Waals surface area contributed by atoms with Gasteiger partial charge in [0.05, 0.1) is 12.0 Å². The van der Waals surface area contributed by atoms with Gasteiger partial charge in [-0.05, 0) is 24.3 Å². The molecule has 0 N–H and O–H groups in total. The summed E-state index contributed by atoms with van der Waals surface area (Å²) in [6.07, 6.45) is 1.20. The van der Waals surface area contributed by atoms with Crippen molar-refractivity contribution in [3.8, 4) is 0 Å². The van der Waals surface area contributed by atoms with Crippen LogP contribution in [0.2, 0.25) is 5.02 Å². The Morgan fingerprint density at radius 2 is 1.76 bits per heavy atom. The highest BCUT2D eigenvalue weighted by Gasteiger charge is 2.25. The van der Waals surface area contributed by atoms with Gasteiger partial charge in [0.25, 0.3) is 0 Å². The monoisotopic (exact) mass is 348 g/mol. The maximum atomic E-state index is 12.1. The fraction of sp³-hybridized carbons (Fsp3) is 0.462. The number of hydrogen-bond acceptors (Lipinski definition) is 4. The number of thioether (sulfide) groups is 1. The van der Waals surface area contributed by atoms with Gasteiger partial charge < -0.3 is 4.90 Å². The molecule has 0 spiro atoms. The summed E-state index contributed by atoms with van der Waals surface area (Å²) in [4.78, 5) is 14.8. The van der Waals surface area contributed by atoms with Crippen LogP contribution < -0.4 is 0 Å². The highest BCUT2D eigenvalue weighted by molar-refractivity contribution is 8.00. The lowest BCUT2D eigenvalue weighted by Crippen LogP contribution is -2.50. The van der Waals surface area contributed by atoms with Gasteiger partial charge in [-0.1, -0.05) is 11.6 Å². The number of amides is 1. The van der Waals surface area contributed by atoms with Gasteiger partial charge in [0.2, 0.25) is 15.9 Å². The van der Waals surface area contributed by atoms with Crippen molar-refractivity contribution < 1.29 is 13.2 Å². The molecule has 0 aromatic heterocycles. The predicted octanol–water partition coefficient (Wildman–Crippen LogP) is 1.54. The number of benzene rings is 1. The van der Waals surface area contributed by atoms with Gasteiger partial charge in [0.1, 0.15) is 0 Å². The summed E-state index contributed by atoms with van der Waals surface area (Å²) in [6, 6.07) is 7.34. The van der Waals surface area contributed by atoms with Gasteiger partial charge >= 0.3 is 0 Å². The summed E-state index contributed by atoms with van der Waals surface area (Å²) in [5.74, 6) is 0.378. The Hall–Kier alpha value is -0.760. The Labute approximate surface area is 134 Å². The average molecular weight is 349 g/mol. The molecule has 1 aromatic rings. The molecule has 1 amide bonds. The largest absolute Gasteiger partial charge is 0.339 e. The van der Waals surface area contributed by atoms with Crippen LogP contribution in [0.25, 0.3) is 0 Å². The molecule has 0 radical (unpaired) electrons. The Balaban J connectivity index is 1.81. The molecule has 0 atom stereocenters. The lowest BCUT2D eigenvalue weighted by molar-refractivity contribution is -0.129. The van der Waals surface area contributed by atoms with Gasteiger partial charge in [-0.3, -0.25) is 4.79 Å². The van der Waals surface area contributed by atoms with E-state index in [0.29, 0.717) is 37.0 Å². The third-order valence-electron chi connectivity index (χ3n) is 3.24. The predicted molar refractivity (Wildman–Crippen MR) is 85.2 cm³/mol. The van der Waals surface area contributed by atoms with Crippen LogP contribution >= 0.6 is 23.4 Å². The zero-order chi connectivity index (χ0) is 15.5. The van der Waals surface area contributed by atoms with E-state index in [1.807, 2.05) is 12.1 Å². The normalized spacial score (nSPS) is 17.0. The van der Waals surface area contributed by atoms with Crippen molar-refractivity contribution in [3.63, 3.8) is 0 Å². The highest BCUT2D eigenvalue weighted by atomic mass is 35.5. The van der Waals surface area contributed by atoms with Gasteiger partial charge in [-0.15, -0.1) is 11.8 Å². The SMILES string of the molecule is CS(=O)(=O)N1CCN(C(=O)CSc2ccc(Cl)cc2)CC1. The van der Waals surface area contributed by atoms with Crippen LogP contribution in [0.4, 0.5) is 0 Å². The molecule has 1 fully saturated rings. The molecule has 116 valence electrons. The molecule has 0 saturated carbocycles. The molecule has 8 heteroatoms. The van der Waals surface area contributed by atoms with Gasteiger partial charge in [-0.25, -0.2) is 8.42 Å². The topological polar surface area (TPSA) is 57.7 Å². The smallest absolute Gasteiger partial charge is 0.233 e. The number of carbonyl (C=O) groups is 1. The second-order valence-corrected chi connectivity index (χ2v) is 8.25. The first-order valence-corrected chi connectivity index (χ1v) is 9.69. The molecule has 1 aromatic carbocycles. The first-order chi connectivity index (χ1) is 9.86. The number of piperazine rings is 1. The molecule has 2 rings (SSSR count). The lowest BCUT2D eigenvalue weighted by atomic mass is 10.3. The minimum atomic E-state index is -3.16. The summed E-state index contributed by atoms with van der Waals surface area (Å²) >= 11 is 7.26. The fourth-order valence-corrected chi connectivity index (χ4v) is 3.79. The van der Waals surface area contributed by atoms with Crippen molar-refractivity contribution in [2.24, 2.45) is 0 Å². The van der Waals surface area contributed by atoms with E-state index in [2.05, 4.69) is 0 Å². The maximum Gasteiger partial charge on any atom is 0.233 e. The lowest BCUT2D eigenvalue weighted by Gasteiger charge is -2.33. The number of halogens is 1. The van der Waals surface area contributed by atoms with Crippen molar-refractivity contribution in [3.05, 3.63) is 29.3 Å². The second kappa shape index (κ2) is 7.00. The maximum absolute atomic E-state index is 12.1. The molecule has 0 bridgehead atoms. The third kappa shape index (κ3) is 4.88. The van der Waals surface area contributed by atoms with Crippen LogP contribution in [0.1, 0.15) is 0 Å². The summed E-state index contributed by atoms with van der Waals surface area (Å²) in [5.41, 5.74) is 0. The van der Waals surface area contributed by atoms with Crippen LogP contribution in [0.15, 0.2) is 29.2 Å². The van der Waals surface area contributed by atoms with E-state index in [4.69, 9.17) is 11.6 Å². The number of hydrogen-bond donors (Lipinski definition) is 0. The Kier molecular flexibility index (Phi) is 5.54. The van der Waals surface area contributed by atoms with Crippen molar-refractivity contribution in [1.82, 2.24) is 9.21 Å². The first kappa shape index (κ1) is 16.6. The Morgan fingerprint density at radius 1 is 1.19 bits per heavy atom. The molecule has 21 heavy (non-hydrogen) atoms. The van der Waals surface area contributed by atoms with Crippen molar-refractivity contribution in [1.29, 1.82) is 0 Å². The average Bonchev–Trinajstić information content (AvgIpc) is 2.45. The van der Waals surface area contributed by atoms with E-state index in [0.717, 1.165) is 4.90 Å². The van der Waals surface area contributed by atoms with E-state index in [1.54, 1.807) is 17.0 Å². The van der Waals surface area contributed by atoms with Crippen LogP contribution in [0.5, 0.6) is 0 Å². The number of carbonyl (C=O) groups excluding carboxylic acids is 1. The summed E-state index contributed by atoms with van der Waals surface area (Å²) in [5, 5.41) is 0.669. The standard InChI is InChI=1S/C13H17ClN2O3S2/c1-21(18,19)16-8-6-15(7-9-16)13(17)10-20-12-4-2-11(14)3-5-12/h2-5H,6-10H2,1H3. The number of nitrogens with zero attached hydrogens (tertiary/aromatic N) is 2. The van der Waals surface area contributed by atoms with Crippen molar-refractivity contribution >= 4 is 39.3 Å².